The first-order valence-electron chi connectivity index (χ1n) is 6.97. The second-order valence-electron chi connectivity index (χ2n) is 5.62. The fraction of sp³-hybridized carbons (Fsp3) is 0.571. The van der Waals surface area contributed by atoms with E-state index in [-0.39, 0.29) is 0 Å². The first-order chi connectivity index (χ1) is 9.38. The molecule has 2 aromatic heterocycles. The van der Waals surface area contributed by atoms with E-state index in [9.17, 15) is 0 Å². The topological polar surface area (TPSA) is 42.2 Å². The van der Waals surface area contributed by atoms with Crippen LogP contribution in [-0.4, -0.2) is 28.2 Å². The van der Waals surface area contributed by atoms with Gasteiger partial charge in [0.15, 0.2) is 0 Å². The van der Waals surface area contributed by atoms with Crippen molar-refractivity contribution >= 4 is 11.3 Å². The van der Waals surface area contributed by atoms with Gasteiger partial charge in [0.05, 0.1) is 11.4 Å². The molecule has 0 amide bonds. The first kappa shape index (κ1) is 11.6. The van der Waals surface area contributed by atoms with Crippen molar-refractivity contribution in [2.45, 2.75) is 25.8 Å². The molecule has 5 heteroatoms. The van der Waals surface area contributed by atoms with E-state index in [1.165, 1.54) is 32.4 Å². The van der Waals surface area contributed by atoms with Gasteiger partial charge in [-0.05, 0) is 36.1 Å². The summed E-state index contributed by atoms with van der Waals surface area (Å²) >= 11 is 1.64. The third kappa shape index (κ3) is 2.21. The monoisotopic (exact) mass is 275 g/mol. The van der Waals surface area contributed by atoms with E-state index < -0.39 is 0 Å². The molecule has 1 saturated carbocycles. The predicted molar refractivity (Wildman–Crippen MR) is 73.7 cm³/mol. The Labute approximate surface area is 116 Å². The van der Waals surface area contributed by atoms with Gasteiger partial charge in [0.1, 0.15) is 0 Å². The van der Waals surface area contributed by atoms with Gasteiger partial charge in [0.2, 0.25) is 5.89 Å². The van der Waals surface area contributed by atoms with E-state index in [1.807, 2.05) is 17.5 Å². The highest BCUT2D eigenvalue weighted by Crippen LogP contribution is 2.38. The summed E-state index contributed by atoms with van der Waals surface area (Å²) in [6, 6.07) is 4.02. The smallest absolute Gasteiger partial charge is 0.257 e. The Balaban J connectivity index is 1.44. The van der Waals surface area contributed by atoms with Crippen LogP contribution in [0, 0.1) is 11.8 Å². The number of likely N-dealkylation sites (tertiary alicyclic amines) is 1. The normalized spacial score (nSPS) is 26.9. The molecule has 1 aliphatic carbocycles. The van der Waals surface area contributed by atoms with Crippen LogP contribution in [0.4, 0.5) is 0 Å². The summed E-state index contributed by atoms with van der Waals surface area (Å²) in [7, 11) is 0. The Morgan fingerprint density at radius 1 is 1.26 bits per heavy atom. The van der Waals surface area contributed by atoms with E-state index in [4.69, 9.17) is 4.42 Å². The standard InChI is InChI=1S/C14H17N3OS/c1-3-10-7-17(8-11(10)4-1)9-13-15-16-14(18-13)12-5-2-6-19-12/h2,5-6,10-11H,1,3-4,7-9H2. The van der Waals surface area contributed by atoms with Crippen LogP contribution in [0.5, 0.6) is 0 Å². The number of thiophene rings is 1. The quantitative estimate of drug-likeness (QED) is 0.863. The number of rotatable bonds is 3. The van der Waals surface area contributed by atoms with E-state index >= 15 is 0 Å². The molecule has 1 aliphatic heterocycles. The fourth-order valence-corrected chi connectivity index (χ4v) is 4.11. The number of hydrogen-bond acceptors (Lipinski definition) is 5. The summed E-state index contributed by atoms with van der Waals surface area (Å²) < 4.78 is 5.76. The molecule has 2 atom stereocenters. The molecule has 1 saturated heterocycles. The van der Waals surface area contributed by atoms with Crippen molar-refractivity contribution in [3.63, 3.8) is 0 Å². The largest absolute Gasteiger partial charge is 0.419 e. The molecule has 19 heavy (non-hydrogen) atoms. The lowest BCUT2D eigenvalue weighted by molar-refractivity contribution is 0.271. The highest BCUT2D eigenvalue weighted by molar-refractivity contribution is 7.13. The van der Waals surface area contributed by atoms with Gasteiger partial charge in [0, 0.05) is 13.1 Å². The van der Waals surface area contributed by atoms with Crippen molar-refractivity contribution in [2.24, 2.45) is 11.8 Å². The molecule has 3 heterocycles. The first-order valence-corrected chi connectivity index (χ1v) is 7.85. The van der Waals surface area contributed by atoms with Crippen LogP contribution < -0.4 is 0 Å². The summed E-state index contributed by atoms with van der Waals surface area (Å²) in [6.45, 7) is 3.23. The van der Waals surface area contributed by atoms with Gasteiger partial charge in [-0.2, -0.15) is 0 Å². The van der Waals surface area contributed by atoms with Crippen LogP contribution in [0.3, 0.4) is 0 Å². The minimum atomic E-state index is 0.657. The molecule has 0 radical (unpaired) electrons. The molecule has 0 spiro atoms. The van der Waals surface area contributed by atoms with Crippen molar-refractivity contribution in [3.05, 3.63) is 23.4 Å². The Morgan fingerprint density at radius 3 is 2.84 bits per heavy atom. The summed E-state index contributed by atoms with van der Waals surface area (Å²) in [6.07, 6.45) is 4.24. The molecule has 2 aliphatic rings. The summed E-state index contributed by atoms with van der Waals surface area (Å²) in [5.74, 6) is 3.24. The summed E-state index contributed by atoms with van der Waals surface area (Å²) in [5, 5.41) is 10.3. The molecule has 0 bridgehead atoms. The molecule has 4 rings (SSSR count). The molecule has 0 N–H and O–H groups in total. The molecule has 2 unspecified atom stereocenters. The van der Waals surface area contributed by atoms with Crippen molar-refractivity contribution in [1.29, 1.82) is 0 Å². The van der Waals surface area contributed by atoms with Gasteiger partial charge in [-0.3, -0.25) is 4.90 Å². The van der Waals surface area contributed by atoms with E-state index in [0.29, 0.717) is 5.89 Å². The van der Waals surface area contributed by atoms with Gasteiger partial charge in [0.25, 0.3) is 5.89 Å². The van der Waals surface area contributed by atoms with E-state index in [2.05, 4.69) is 15.1 Å². The third-order valence-corrected chi connectivity index (χ3v) is 5.22. The number of aromatic nitrogens is 2. The Kier molecular flexibility index (Phi) is 2.89. The lowest BCUT2D eigenvalue weighted by Crippen LogP contribution is -2.21. The number of hydrogen-bond donors (Lipinski definition) is 0. The molecule has 4 nitrogen and oxygen atoms in total. The van der Waals surface area contributed by atoms with E-state index in [0.717, 1.165) is 29.1 Å². The van der Waals surface area contributed by atoms with Gasteiger partial charge < -0.3 is 4.42 Å². The molecular formula is C14H17N3OS. The zero-order chi connectivity index (χ0) is 12.7. The minimum Gasteiger partial charge on any atom is -0.419 e. The third-order valence-electron chi connectivity index (χ3n) is 4.36. The zero-order valence-corrected chi connectivity index (χ0v) is 11.6. The van der Waals surface area contributed by atoms with Crippen LogP contribution in [0.2, 0.25) is 0 Å². The Hall–Kier alpha value is -1.20. The fourth-order valence-electron chi connectivity index (χ4n) is 3.47. The lowest BCUT2D eigenvalue weighted by atomic mass is 10.0. The lowest BCUT2D eigenvalue weighted by Gasteiger charge is -2.13. The average molecular weight is 275 g/mol. The SMILES string of the molecule is c1csc(-c2nnc(CN3CC4CCCC4C3)o2)c1. The maximum atomic E-state index is 5.76. The maximum Gasteiger partial charge on any atom is 0.257 e. The van der Waals surface area contributed by atoms with E-state index in [1.54, 1.807) is 11.3 Å². The van der Waals surface area contributed by atoms with Crippen LogP contribution in [0.15, 0.2) is 21.9 Å². The highest BCUT2D eigenvalue weighted by Gasteiger charge is 2.36. The summed E-state index contributed by atoms with van der Waals surface area (Å²) in [4.78, 5) is 3.53. The zero-order valence-electron chi connectivity index (χ0n) is 10.8. The Bertz CT molecular complexity index is 539. The van der Waals surface area contributed by atoms with Crippen LogP contribution in [0.25, 0.3) is 10.8 Å². The molecule has 2 aromatic rings. The number of fused-ring (bicyclic) bond motifs is 1. The van der Waals surface area contributed by atoms with Crippen molar-refractivity contribution in [3.8, 4) is 10.8 Å². The molecule has 100 valence electrons. The minimum absolute atomic E-state index is 0.657. The molecular weight excluding hydrogens is 258 g/mol. The van der Waals surface area contributed by atoms with Crippen molar-refractivity contribution < 1.29 is 4.42 Å². The average Bonchev–Trinajstić information content (AvgIpc) is 3.12. The van der Waals surface area contributed by atoms with Gasteiger partial charge in [-0.25, -0.2) is 0 Å². The second-order valence-corrected chi connectivity index (χ2v) is 6.57. The van der Waals surface area contributed by atoms with Gasteiger partial charge in [-0.1, -0.05) is 12.5 Å². The molecule has 2 fully saturated rings. The summed E-state index contributed by atoms with van der Waals surface area (Å²) in [5.41, 5.74) is 0. The second kappa shape index (κ2) is 4.72. The van der Waals surface area contributed by atoms with Crippen molar-refractivity contribution in [1.82, 2.24) is 15.1 Å². The van der Waals surface area contributed by atoms with Crippen LogP contribution in [0.1, 0.15) is 25.2 Å². The van der Waals surface area contributed by atoms with Gasteiger partial charge in [-0.15, -0.1) is 21.5 Å². The van der Waals surface area contributed by atoms with Crippen LogP contribution in [-0.2, 0) is 6.54 Å². The number of nitrogens with zero attached hydrogens (tertiary/aromatic N) is 3. The highest BCUT2D eigenvalue weighted by atomic mass is 32.1. The van der Waals surface area contributed by atoms with Crippen molar-refractivity contribution in [2.75, 3.05) is 13.1 Å². The maximum absolute atomic E-state index is 5.76. The molecule has 0 aromatic carbocycles. The van der Waals surface area contributed by atoms with Gasteiger partial charge >= 0.3 is 0 Å². The Morgan fingerprint density at radius 2 is 2.11 bits per heavy atom. The van der Waals surface area contributed by atoms with Crippen LogP contribution >= 0.6 is 11.3 Å². The predicted octanol–water partition coefficient (Wildman–Crippen LogP) is 3.03.